The normalized spacial score (nSPS) is 15.6. The average Bonchev–Trinajstić information content (AvgIpc) is 3.14. The third-order valence-electron chi connectivity index (χ3n) is 6.27. The lowest BCUT2D eigenvalue weighted by Crippen LogP contribution is -2.38. The van der Waals surface area contributed by atoms with Crippen LogP contribution in [0.2, 0.25) is 0 Å². The van der Waals surface area contributed by atoms with Gasteiger partial charge in [-0.3, -0.25) is 9.69 Å². The molecule has 1 aliphatic rings. The Kier molecular flexibility index (Phi) is 6.71. The number of carbonyl (C=O) groups is 1. The fourth-order valence-electron chi connectivity index (χ4n) is 4.62. The first-order chi connectivity index (χ1) is 15.0. The van der Waals surface area contributed by atoms with Crippen LogP contribution in [-0.4, -0.2) is 33.4 Å². The molecule has 2 heterocycles. The smallest absolute Gasteiger partial charge is 0.227 e. The summed E-state index contributed by atoms with van der Waals surface area (Å²) in [4.78, 5) is 20.1. The van der Waals surface area contributed by atoms with E-state index in [1.807, 2.05) is 18.2 Å². The van der Waals surface area contributed by atoms with E-state index < -0.39 is 0 Å². The second-order valence-corrected chi connectivity index (χ2v) is 8.97. The van der Waals surface area contributed by atoms with Gasteiger partial charge in [0.15, 0.2) is 0 Å². The number of para-hydroxylation sites is 2. The summed E-state index contributed by atoms with van der Waals surface area (Å²) in [5, 5.41) is 3.11. The predicted molar refractivity (Wildman–Crippen MR) is 127 cm³/mol. The number of hydrogen-bond acceptors (Lipinski definition) is 3. The molecular formula is C26H34N4O. The van der Waals surface area contributed by atoms with Gasteiger partial charge in [-0.25, -0.2) is 4.98 Å². The van der Waals surface area contributed by atoms with Crippen molar-refractivity contribution >= 4 is 22.6 Å². The van der Waals surface area contributed by atoms with Crippen molar-refractivity contribution in [1.82, 2.24) is 14.5 Å². The number of aromatic nitrogens is 2. The van der Waals surface area contributed by atoms with Gasteiger partial charge >= 0.3 is 0 Å². The van der Waals surface area contributed by atoms with Crippen LogP contribution in [0.3, 0.4) is 0 Å². The highest BCUT2D eigenvalue weighted by Gasteiger charge is 2.26. The van der Waals surface area contributed by atoms with E-state index in [0.717, 1.165) is 62.3 Å². The molecule has 0 radical (unpaired) electrons. The molecule has 1 aromatic heterocycles. The number of carbonyl (C=O) groups excluding carboxylic acids is 1. The summed E-state index contributed by atoms with van der Waals surface area (Å²) >= 11 is 0. The van der Waals surface area contributed by atoms with Crippen LogP contribution in [0, 0.1) is 5.92 Å². The lowest BCUT2D eigenvalue weighted by atomic mass is 9.95. The number of likely N-dealkylation sites (tertiary alicyclic amines) is 1. The summed E-state index contributed by atoms with van der Waals surface area (Å²) < 4.78 is 2.34. The van der Waals surface area contributed by atoms with E-state index in [-0.39, 0.29) is 11.8 Å². The third-order valence-corrected chi connectivity index (χ3v) is 6.27. The lowest BCUT2D eigenvalue weighted by Gasteiger charge is -2.31. The van der Waals surface area contributed by atoms with E-state index in [4.69, 9.17) is 4.98 Å². The van der Waals surface area contributed by atoms with Crippen molar-refractivity contribution in [2.75, 3.05) is 18.4 Å². The van der Waals surface area contributed by atoms with Gasteiger partial charge in [0.2, 0.25) is 5.91 Å². The van der Waals surface area contributed by atoms with Crippen molar-refractivity contribution in [3.63, 3.8) is 0 Å². The number of nitrogens with zero attached hydrogens (tertiary/aromatic N) is 3. The first-order valence-electron chi connectivity index (χ1n) is 11.6. The Labute approximate surface area is 185 Å². The molecule has 4 rings (SSSR count). The van der Waals surface area contributed by atoms with Crippen LogP contribution in [0.25, 0.3) is 11.0 Å². The Bertz CT molecular complexity index is 1010. The molecule has 0 spiro atoms. The van der Waals surface area contributed by atoms with E-state index in [1.54, 1.807) is 0 Å². The number of amides is 1. The zero-order valence-electron chi connectivity index (χ0n) is 19.0. The minimum Gasteiger partial charge on any atom is -0.326 e. The van der Waals surface area contributed by atoms with E-state index >= 15 is 0 Å². The fraction of sp³-hybridized carbons (Fsp3) is 0.462. The van der Waals surface area contributed by atoms with Crippen molar-refractivity contribution in [2.24, 2.45) is 5.92 Å². The molecule has 1 fully saturated rings. The minimum absolute atomic E-state index is 0.0792. The molecule has 0 aliphatic carbocycles. The lowest BCUT2D eigenvalue weighted by molar-refractivity contribution is -0.121. The van der Waals surface area contributed by atoms with Crippen LogP contribution in [0.15, 0.2) is 48.5 Å². The SMILES string of the molecule is CCCc1ccc(NC(=O)C2CCN(Cc3nc4ccccc4n3C(C)C)CC2)cc1. The quantitative estimate of drug-likeness (QED) is 0.557. The Morgan fingerprint density at radius 3 is 2.48 bits per heavy atom. The van der Waals surface area contributed by atoms with Gasteiger partial charge < -0.3 is 9.88 Å². The number of imidazole rings is 1. The second-order valence-electron chi connectivity index (χ2n) is 8.97. The molecule has 0 unspecified atom stereocenters. The molecule has 5 nitrogen and oxygen atoms in total. The number of benzene rings is 2. The van der Waals surface area contributed by atoms with E-state index in [0.29, 0.717) is 6.04 Å². The average molecular weight is 419 g/mol. The van der Waals surface area contributed by atoms with E-state index in [1.165, 1.54) is 11.1 Å². The Morgan fingerprint density at radius 2 is 1.81 bits per heavy atom. The summed E-state index contributed by atoms with van der Waals surface area (Å²) in [6.07, 6.45) is 4.00. The third kappa shape index (κ3) is 4.99. The molecule has 0 saturated carbocycles. The maximum Gasteiger partial charge on any atom is 0.227 e. The van der Waals surface area contributed by atoms with Gasteiger partial charge in [-0.1, -0.05) is 37.6 Å². The van der Waals surface area contributed by atoms with Gasteiger partial charge in [0, 0.05) is 17.6 Å². The minimum atomic E-state index is 0.0792. The number of anilines is 1. The van der Waals surface area contributed by atoms with Crippen LogP contribution in [0.4, 0.5) is 5.69 Å². The monoisotopic (exact) mass is 418 g/mol. The Balaban J connectivity index is 1.34. The van der Waals surface area contributed by atoms with Crippen molar-refractivity contribution < 1.29 is 4.79 Å². The molecule has 31 heavy (non-hydrogen) atoms. The van der Waals surface area contributed by atoms with Gasteiger partial charge in [0.25, 0.3) is 0 Å². The van der Waals surface area contributed by atoms with Gasteiger partial charge in [-0.15, -0.1) is 0 Å². The highest BCUT2D eigenvalue weighted by molar-refractivity contribution is 5.92. The number of piperidine rings is 1. The number of nitrogens with one attached hydrogen (secondary N) is 1. The van der Waals surface area contributed by atoms with Crippen molar-refractivity contribution in [3.05, 3.63) is 59.9 Å². The summed E-state index contributed by atoms with van der Waals surface area (Å²) in [7, 11) is 0. The molecule has 5 heteroatoms. The number of hydrogen-bond donors (Lipinski definition) is 1. The second kappa shape index (κ2) is 9.65. The molecule has 1 saturated heterocycles. The molecule has 1 aliphatic heterocycles. The number of fused-ring (bicyclic) bond motifs is 1. The van der Waals surface area contributed by atoms with Gasteiger partial charge in [0.1, 0.15) is 5.82 Å². The van der Waals surface area contributed by atoms with Crippen molar-refractivity contribution in [2.45, 2.75) is 59.0 Å². The molecule has 0 atom stereocenters. The van der Waals surface area contributed by atoms with Crippen molar-refractivity contribution in [3.8, 4) is 0 Å². The number of aryl methyl sites for hydroxylation is 1. The molecule has 2 aromatic carbocycles. The summed E-state index contributed by atoms with van der Waals surface area (Å²) in [5.41, 5.74) is 4.48. The molecular weight excluding hydrogens is 384 g/mol. The molecule has 0 bridgehead atoms. The first-order valence-corrected chi connectivity index (χ1v) is 11.6. The van der Waals surface area contributed by atoms with Crippen LogP contribution in [0.1, 0.15) is 57.5 Å². The molecule has 1 amide bonds. The van der Waals surface area contributed by atoms with Crippen molar-refractivity contribution in [1.29, 1.82) is 0 Å². The van der Waals surface area contributed by atoms with E-state index in [2.05, 4.69) is 65.9 Å². The number of rotatable bonds is 7. The summed E-state index contributed by atoms with van der Waals surface area (Å²) in [6, 6.07) is 17.0. The highest BCUT2D eigenvalue weighted by Crippen LogP contribution is 2.25. The van der Waals surface area contributed by atoms with Crippen LogP contribution < -0.4 is 5.32 Å². The maximum absolute atomic E-state index is 12.8. The molecule has 3 aromatic rings. The maximum atomic E-state index is 12.8. The van der Waals surface area contributed by atoms with Gasteiger partial charge in [-0.2, -0.15) is 0 Å². The predicted octanol–water partition coefficient (Wildman–Crippen LogP) is 5.42. The Morgan fingerprint density at radius 1 is 1.10 bits per heavy atom. The highest BCUT2D eigenvalue weighted by atomic mass is 16.1. The zero-order valence-corrected chi connectivity index (χ0v) is 19.0. The zero-order chi connectivity index (χ0) is 21.8. The fourth-order valence-corrected chi connectivity index (χ4v) is 4.62. The summed E-state index contributed by atoms with van der Waals surface area (Å²) in [6.45, 7) is 9.29. The topological polar surface area (TPSA) is 50.2 Å². The van der Waals surface area contributed by atoms with Crippen LogP contribution >= 0.6 is 0 Å². The van der Waals surface area contributed by atoms with E-state index in [9.17, 15) is 4.79 Å². The standard InChI is InChI=1S/C26H34N4O/c1-4-7-20-10-12-22(13-11-20)27-26(31)21-14-16-29(17-15-21)18-25-28-23-8-5-6-9-24(23)30(25)19(2)3/h5-6,8-13,19,21H,4,7,14-18H2,1-3H3,(H,27,31). The first kappa shape index (κ1) is 21.6. The van der Waals surface area contributed by atoms with Gasteiger partial charge in [0.05, 0.1) is 17.6 Å². The molecule has 1 N–H and O–H groups in total. The largest absolute Gasteiger partial charge is 0.326 e. The molecule has 164 valence electrons. The van der Waals surface area contributed by atoms with Crippen LogP contribution in [0.5, 0.6) is 0 Å². The van der Waals surface area contributed by atoms with Crippen LogP contribution in [-0.2, 0) is 17.8 Å². The summed E-state index contributed by atoms with van der Waals surface area (Å²) in [5.74, 6) is 1.35. The van der Waals surface area contributed by atoms with Gasteiger partial charge in [-0.05, 0) is 76.0 Å². The Hall–Kier alpha value is -2.66.